The fourth-order valence-corrected chi connectivity index (χ4v) is 2.36. The van der Waals surface area contributed by atoms with Gasteiger partial charge < -0.3 is 14.2 Å². The Kier molecular flexibility index (Phi) is 9.03. The normalized spacial score (nSPS) is 12.1. The van der Waals surface area contributed by atoms with E-state index in [-0.39, 0.29) is 42.9 Å². The average molecular weight is 350 g/mol. The first kappa shape index (κ1) is 21.0. The molecular formula is C20H30O5. The lowest BCUT2D eigenvalue weighted by Crippen LogP contribution is -2.22. The first-order valence-corrected chi connectivity index (χ1v) is 8.99. The molecule has 0 saturated heterocycles. The van der Waals surface area contributed by atoms with Crippen molar-refractivity contribution < 1.29 is 23.8 Å². The molecule has 0 aromatic heterocycles. The first-order chi connectivity index (χ1) is 11.8. The van der Waals surface area contributed by atoms with Gasteiger partial charge in [0.15, 0.2) is 11.5 Å². The van der Waals surface area contributed by atoms with E-state index in [0.29, 0.717) is 17.9 Å². The Labute approximate surface area is 150 Å². The largest absolute Gasteiger partial charge is 0.487 e. The van der Waals surface area contributed by atoms with Crippen molar-refractivity contribution in [2.45, 2.75) is 72.5 Å². The summed E-state index contributed by atoms with van der Waals surface area (Å²) in [5.74, 6) is 0.569. The molecule has 0 heterocycles. The molecule has 5 nitrogen and oxygen atoms in total. The second kappa shape index (κ2) is 10.7. The number of carbonyl (C=O) groups is 2. The van der Waals surface area contributed by atoms with Crippen LogP contribution in [0, 0.1) is 5.92 Å². The van der Waals surface area contributed by atoms with Gasteiger partial charge in [0.05, 0.1) is 6.10 Å². The summed E-state index contributed by atoms with van der Waals surface area (Å²) < 4.78 is 16.4. The minimum atomic E-state index is -0.386. The smallest absolute Gasteiger partial charge is 0.311 e. The van der Waals surface area contributed by atoms with Gasteiger partial charge in [-0.15, -0.1) is 0 Å². The Morgan fingerprint density at radius 1 is 0.960 bits per heavy atom. The van der Waals surface area contributed by atoms with Crippen LogP contribution in [-0.2, 0) is 14.3 Å². The average Bonchev–Trinajstić information content (AvgIpc) is 2.53. The maximum Gasteiger partial charge on any atom is 0.311 e. The second-order valence-electron chi connectivity index (χ2n) is 6.62. The maximum atomic E-state index is 12.0. The van der Waals surface area contributed by atoms with E-state index in [1.165, 1.54) is 0 Å². The lowest BCUT2D eigenvalue weighted by atomic mass is 10.1. The molecular weight excluding hydrogens is 320 g/mol. The van der Waals surface area contributed by atoms with Crippen LogP contribution in [0.4, 0.5) is 0 Å². The molecule has 1 atom stereocenters. The highest BCUT2D eigenvalue weighted by Gasteiger charge is 2.17. The molecule has 0 radical (unpaired) electrons. The van der Waals surface area contributed by atoms with Crippen LogP contribution >= 0.6 is 0 Å². The van der Waals surface area contributed by atoms with Crippen LogP contribution < -0.4 is 9.47 Å². The van der Waals surface area contributed by atoms with Crippen molar-refractivity contribution in [3.05, 3.63) is 24.3 Å². The Morgan fingerprint density at radius 2 is 1.56 bits per heavy atom. The van der Waals surface area contributed by atoms with Gasteiger partial charge in [0, 0.05) is 12.8 Å². The van der Waals surface area contributed by atoms with Gasteiger partial charge in [-0.1, -0.05) is 32.9 Å². The summed E-state index contributed by atoms with van der Waals surface area (Å²) in [5, 5.41) is 0. The van der Waals surface area contributed by atoms with Gasteiger partial charge in [-0.05, 0) is 44.7 Å². The third kappa shape index (κ3) is 8.05. The predicted molar refractivity (Wildman–Crippen MR) is 96.7 cm³/mol. The highest BCUT2D eigenvalue weighted by molar-refractivity contribution is 5.75. The Hall–Kier alpha value is -2.04. The van der Waals surface area contributed by atoms with Crippen molar-refractivity contribution in [3.8, 4) is 11.5 Å². The van der Waals surface area contributed by atoms with Crippen molar-refractivity contribution in [3.63, 3.8) is 0 Å². The number of benzene rings is 1. The van der Waals surface area contributed by atoms with Crippen LogP contribution in [0.15, 0.2) is 24.3 Å². The van der Waals surface area contributed by atoms with E-state index >= 15 is 0 Å². The van der Waals surface area contributed by atoms with Crippen LogP contribution in [0.2, 0.25) is 0 Å². The van der Waals surface area contributed by atoms with Gasteiger partial charge in [-0.3, -0.25) is 9.59 Å². The summed E-state index contributed by atoms with van der Waals surface area (Å²) in [6, 6.07) is 7.06. The molecule has 0 aliphatic heterocycles. The number of ether oxygens (including phenoxy) is 3. The van der Waals surface area contributed by atoms with Gasteiger partial charge in [0.25, 0.3) is 0 Å². The minimum Gasteiger partial charge on any atom is -0.487 e. The van der Waals surface area contributed by atoms with Gasteiger partial charge in [0.2, 0.25) is 0 Å². The van der Waals surface area contributed by atoms with E-state index in [2.05, 4.69) is 0 Å². The van der Waals surface area contributed by atoms with Crippen molar-refractivity contribution in [2.75, 3.05) is 0 Å². The van der Waals surface area contributed by atoms with Crippen LogP contribution in [0.5, 0.6) is 11.5 Å². The molecule has 0 aliphatic rings. The fraction of sp³-hybridized carbons (Fsp3) is 0.600. The number of para-hydroxylation sites is 2. The van der Waals surface area contributed by atoms with E-state index in [9.17, 15) is 9.59 Å². The zero-order valence-corrected chi connectivity index (χ0v) is 15.9. The number of hydrogen-bond acceptors (Lipinski definition) is 5. The first-order valence-electron chi connectivity index (χ1n) is 8.99. The molecule has 0 fully saturated rings. The third-order valence-corrected chi connectivity index (χ3v) is 3.63. The topological polar surface area (TPSA) is 61.8 Å². The number of hydrogen-bond donors (Lipinski definition) is 0. The SMILES string of the molecule is CCC(OC(=O)CCCC(=O)Oc1ccccc1OC(C)C)C(C)C. The number of carbonyl (C=O) groups excluding carboxylic acids is 2. The van der Waals surface area contributed by atoms with E-state index in [1.807, 2.05) is 40.7 Å². The quantitative estimate of drug-likeness (QED) is 0.458. The van der Waals surface area contributed by atoms with Crippen molar-refractivity contribution in [1.29, 1.82) is 0 Å². The van der Waals surface area contributed by atoms with Crippen LogP contribution in [0.1, 0.15) is 60.3 Å². The lowest BCUT2D eigenvalue weighted by Gasteiger charge is -2.19. The lowest BCUT2D eigenvalue weighted by molar-refractivity contribution is -0.151. The van der Waals surface area contributed by atoms with E-state index in [1.54, 1.807) is 18.2 Å². The third-order valence-electron chi connectivity index (χ3n) is 3.63. The highest BCUT2D eigenvalue weighted by atomic mass is 16.6. The van der Waals surface area contributed by atoms with E-state index < -0.39 is 0 Å². The van der Waals surface area contributed by atoms with Crippen molar-refractivity contribution >= 4 is 11.9 Å². The summed E-state index contributed by atoms with van der Waals surface area (Å²) >= 11 is 0. The highest BCUT2D eigenvalue weighted by Crippen LogP contribution is 2.27. The van der Waals surface area contributed by atoms with Gasteiger partial charge in [0.1, 0.15) is 6.10 Å². The molecule has 0 amide bonds. The van der Waals surface area contributed by atoms with Gasteiger partial charge in [-0.25, -0.2) is 0 Å². The predicted octanol–water partition coefficient (Wildman–Crippen LogP) is 4.53. The van der Waals surface area contributed by atoms with Crippen LogP contribution in [0.3, 0.4) is 0 Å². The zero-order valence-electron chi connectivity index (χ0n) is 15.9. The fourth-order valence-electron chi connectivity index (χ4n) is 2.36. The summed E-state index contributed by atoms with van der Waals surface area (Å²) in [6.07, 6.45) is 1.48. The van der Waals surface area contributed by atoms with E-state index in [0.717, 1.165) is 6.42 Å². The summed E-state index contributed by atoms with van der Waals surface area (Å²) in [4.78, 5) is 23.8. The molecule has 1 aromatic rings. The standard InChI is InChI=1S/C20H30O5/c1-6-16(14(2)3)24-19(21)12-9-13-20(22)25-18-11-8-7-10-17(18)23-15(4)5/h7-8,10-11,14-16H,6,9,12-13H2,1-5H3. The molecule has 0 N–H and O–H groups in total. The van der Waals surface area contributed by atoms with Crippen molar-refractivity contribution in [1.82, 2.24) is 0 Å². The molecule has 0 saturated carbocycles. The number of rotatable bonds is 10. The molecule has 5 heteroatoms. The van der Waals surface area contributed by atoms with Crippen LogP contribution in [-0.4, -0.2) is 24.1 Å². The Balaban J connectivity index is 2.42. The molecule has 1 aromatic carbocycles. The van der Waals surface area contributed by atoms with Crippen LogP contribution in [0.25, 0.3) is 0 Å². The molecule has 0 aliphatic carbocycles. The molecule has 1 unspecified atom stereocenters. The molecule has 0 bridgehead atoms. The number of esters is 2. The minimum absolute atomic E-state index is 0.0120. The molecule has 1 rings (SSSR count). The Bertz CT molecular complexity index is 551. The Morgan fingerprint density at radius 3 is 2.12 bits per heavy atom. The monoisotopic (exact) mass is 350 g/mol. The summed E-state index contributed by atoms with van der Waals surface area (Å²) in [7, 11) is 0. The molecule has 140 valence electrons. The molecule has 0 spiro atoms. The summed E-state index contributed by atoms with van der Waals surface area (Å²) in [5.41, 5.74) is 0. The van der Waals surface area contributed by atoms with Gasteiger partial charge >= 0.3 is 11.9 Å². The maximum absolute atomic E-state index is 12.0. The molecule has 25 heavy (non-hydrogen) atoms. The summed E-state index contributed by atoms with van der Waals surface area (Å²) in [6.45, 7) is 9.85. The van der Waals surface area contributed by atoms with Crippen molar-refractivity contribution in [2.24, 2.45) is 5.92 Å². The van der Waals surface area contributed by atoms with E-state index in [4.69, 9.17) is 14.2 Å². The van der Waals surface area contributed by atoms with Gasteiger partial charge in [-0.2, -0.15) is 0 Å². The second-order valence-corrected chi connectivity index (χ2v) is 6.62. The zero-order chi connectivity index (χ0) is 18.8.